The van der Waals surface area contributed by atoms with E-state index in [1.807, 2.05) is 6.20 Å². The van der Waals surface area contributed by atoms with Crippen molar-refractivity contribution < 1.29 is 5.11 Å². The van der Waals surface area contributed by atoms with E-state index >= 15 is 0 Å². The van der Waals surface area contributed by atoms with Crippen molar-refractivity contribution in [1.82, 2.24) is 10.2 Å². The van der Waals surface area contributed by atoms with E-state index in [0.29, 0.717) is 6.61 Å². The van der Waals surface area contributed by atoms with Gasteiger partial charge in [0.15, 0.2) is 0 Å². The molecule has 1 aromatic heterocycles. The van der Waals surface area contributed by atoms with Gasteiger partial charge in [-0.25, -0.2) is 0 Å². The minimum Gasteiger partial charge on any atom is -0.396 e. The van der Waals surface area contributed by atoms with E-state index in [1.165, 1.54) is 0 Å². The zero-order valence-electron chi connectivity index (χ0n) is 9.24. The van der Waals surface area contributed by atoms with Crippen molar-refractivity contribution >= 4 is 16.6 Å². The van der Waals surface area contributed by atoms with E-state index in [0.717, 1.165) is 42.4 Å². The van der Waals surface area contributed by atoms with Crippen LogP contribution >= 0.6 is 0 Å². The van der Waals surface area contributed by atoms with Crippen LogP contribution in [0.4, 0.5) is 5.69 Å². The second kappa shape index (κ2) is 5.51. The van der Waals surface area contributed by atoms with E-state index in [2.05, 4.69) is 33.7 Å². The first-order chi connectivity index (χ1) is 7.90. The van der Waals surface area contributed by atoms with E-state index in [-0.39, 0.29) is 0 Å². The molecule has 16 heavy (non-hydrogen) atoms. The molecule has 0 amide bonds. The average Bonchev–Trinajstić information content (AvgIpc) is 2.76. The topological polar surface area (TPSA) is 60.9 Å². The summed E-state index contributed by atoms with van der Waals surface area (Å²) in [7, 11) is 0. The Hall–Kier alpha value is -1.55. The van der Waals surface area contributed by atoms with Gasteiger partial charge in [-0.2, -0.15) is 5.10 Å². The molecule has 0 bridgehead atoms. The van der Waals surface area contributed by atoms with Crippen LogP contribution in [0.15, 0.2) is 24.4 Å². The molecule has 2 rings (SSSR count). The third-order valence-electron chi connectivity index (χ3n) is 2.61. The van der Waals surface area contributed by atoms with Crippen molar-refractivity contribution in [1.29, 1.82) is 0 Å². The number of H-pyrrole nitrogens is 1. The monoisotopic (exact) mass is 219 g/mol. The highest BCUT2D eigenvalue weighted by Crippen LogP contribution is 2.16. The fourth-order valence-electron chi connectivity index (χ4n) is 1.69. The van der Waals surface area contributed by atoms with Gasteiger partial charge in [-0.1, -0.05) is 0 Å². The third-order valence-corrected chi connectivity index (χ3v) is 2.61. The number of hydrogen-bond acceptors (Lipinski definition) is 3. The lowest BCUT2D eigenvalue weighted by atomic mass is 10.2. The number of unbranched alkanes of at least 4 members (excludes halogenated alkanes) is 2. The lowest BCUT2D eigenvalue weighted by Crippen LogP contribution is -2.01. The Labute approximate surface area is 94.7 Å². The van der Waals surface area contributed by atoms with Gasteiger partial charge in [0.05, 0.1) is 11.7 Å². The van der Waals surface area contributed by atoms with Gasteiger partial charge in [0, 0.05) is 24.2 Å². The summed E-state index contributed by atoms with van der Waals surface area (Å²) < 4.78 is 0. The van der Waals surface area contributed by atoms with E-state index in [1.54, 1.807) is 0 Å². The number of nitrogens with one attached hydrogen (secondary N) is 2. The second-order valence-electron chi connectivity index (χ2n) is 3.88. The fraction of sp³-hybridized carbons (Fsp3) is 0.417. The number of aromatic nitrogens is 2. The number of fused-ring (bicyclic) bond motifs is 1. The molecule has 4 nitrogen and oxygen atoms in total. The van der Waals surface area contributed by atoms with Crippen LogP contribution < -0.4 is 5.32 Å². The highest BCUT2D eigenvalue weighted by Gasteiger charge is 1.97. The molecule has 0 aliphatic heterocycles. The molecule has 0 aliphatic rings. The number of benzene rings is 1. The summed E-state index contributed by atoms with van der Waals surface area (Å²) in [6.45, 7) is 1.24. The first-order valence-electron chi connectivity index (χ1n) is 5.68. The fourth-order valence-corrected chi connectivity index (χ4v) is 1.69. The van der Waals surface area contributed by atoms with Gasteiger partial charge in [-0.3, -0.25) is 5.10 Å². The maximum Gasteiger partial charge on any atom is 0.0670 e. The molecule has 0 unspecified atom stereocenters. The molecule has 1 aromatic carbocycles. The average molecular weight is 219 g/mol. The number of hydrogen-bond donors (Lipinski definition) is 3. The molecule has 0 spiro atoms. The lowest BCUT2D eigenvalue weighted by Gasteiger charge is -2.05. The Kier molecular flexibility index (Phi) is 3.77. The molecule has 0 fully saturated rings. The first-order valence-corrected chi connectivity index (χ1v) is 5.68. The van der Waals surface area contributed by atoms with Gasteiger partial charge < -0.3 is 10.4 Å². The van der Waals surface area contributed by atoms with Gasteiger partial charge >= 0.3 is 0 Å². The minimum atomic E-state index is 0.292. The van der Waals surface area contributed by atoms with Crippen LogP contribution in [-0.2, 0) is 0 Å². The Morgan fingerprint density at radius 3 is 3.06 bits per heavy atom. The Balaban J connectivity index is 1.84. The summed E-state index contributed by atoms with van der Waals surface area (Å²) in [4.78, 5) is 0. The molecule has 3 N–H and O–H groups in total. The van der Waals surface area contributed by atoms with Crippen molar-refractivity contribution in [3.05, 3.63) is 24.4 Å². The molecule has 0 aliphatic carbocycles. The molecule has 2 aromatic rings. The van der Waals surface area contributed by atoms with Gasteiger partial charge in [-0.05, 0) is 37.5 Å². The van der Waals surface area contributed by atoms with Gasteiger partial charge in [0.2, 0.25) is 0 Å². The molecular formula is C12H17N3O. The van der Waals surface area contributed by atoms with E-state index < -0.39 is 0 Å². The standard InChI is InChI=1S/C12H17N3O/c16-7-3-1-2-6-13-11-5-4-10-9-14-15-12(10)8-11/h4-5,8-9,13,16H,1-3,6-7H2,(H,14,15). The normalized spacial score (nSPS) is 10.8. The van der Waals surface area contributed by atoms with Crippen LogP contribution in [0.3, 0.4) is 0 Å². The first kappa shape index (κ1) is 11.0. The van der Waals surface area contributed by atoms with Crippen molar-refractivity contribution in [2.24, 2.45) is 0 Å². The highest BCUT2D eigenvalue weighted by molar-refractivity contribution is 5.81. The van der Waals surface area contributed by atoms with Gasteiger partial charge in [0.1, 0.15) is 0 Å². The zero-order valence-corrected chi connectivity index (χ0v) is 9.24. The van der Waals surface area contributed by atoms with Crippen LogP contribution in [-0.4, -0.2) is 28.5 Å². The SMILES string of the molecule is OCCCCCNc1ccc2cn[nH]c2c1. The molecule has 4 heteroatoms. The van der Waals surface area contributed by atoms with Gasteiger partial charge in [-0.15, -0.1) is 0 Å². The van der Waals surface area contributed by atoms with Crippen molar-refractivity contribution in [2.75, 3.05) is 18.5 Å². The maximum absolute atomic E-state index is 8.65. The van der Waals surface area contributed by atoms with Crippen molar-refractivity contribution in [3.63, 3.8) is 0 Å². The summed E-state index contributed by atoms with van der Waals surface area (Å²) in [5.74, 6) is 0. The number of aliphatic hydroxyl groups is 1. The molecule has 0 saturated heterocycles. The largest absolute Gasteiger partial charge is 0.396 e. The van der Waals surface area contributed by atoms with E-state index in [9.17, 15) is 0 Å². The van der Waals surface area contributed by atoms with Crippen LogP contribution in [0, 0.1) is 0 Å². The number of nitrogens with zero attached hydrogens (tertiary/aromatic N) is 1. The second-order valence-corrected chi connectivity index (χ2v) is 3.88. The molecule has 0 radical (unpaired) electrons. The minimum absolute atomic E-state index is 0.292. The summed E-state index contributed by atoms with van der Waals surface area (Å²) >= 11 is 0. The molecule has 0 saturated carbocycles. The third kappa shape index (κ3) is 2.73. The number of aromatic amines is 1. The summed E-state index contributed by atoms with van der Waals surface area (Å²) in [6, 6.07) is 6.17. The predicted octanol–water partition coefficient (Wildman–Crippen LogP) is 2.14. The molecule has 0 atom stereocenters. The van der Waals surface area contributed by atoms with Crippen LogP contribution in [0.25, 0.3) is 10.9 Å². The van der Waals surface area contributed by atoms with E-state index in [4.69, 9.17) is 5.11 Å². The predicted molar refractivity (Wildman–Crippen MR) is 65.5 cm³/mol. The summed E-state index contributed by atoms with van der Waals surface area (Å²) in [5.41, 5.74) is 2.17. The molecular weight excluding hydrogens is 202 g/mol. The highest BCUT2D eigenvalue weighted by atomic mass is 16.2. The van der Waals surface area contributed by atoms with Crippen molar-refractivity contribution in [3.8, 4) is 0 Å². The van der Waals surface area contributed by atoms with Crippen LogP contribution in [0.2, 0.25) is 0 Å². The van der Waals surface area contributed by atoms with Crippen LogP contribution in [0.1, 0.15) is 19.3 Å². The number of anilines is 1. The molecule has 86 valence electrons. The van der Waals surface area contributed by atoms with Gasteiger partial charge in [0.25, 0.3) is 0 Å². The number of aliphatic hydroxyl groups excluding tert-OH is 1. The summed E-state index contributed by atoms with van der Waals surface area (Å²) in [6.07, 6.45) is 4.86. The zero-order chi connectivity index (χ0) is 11.2. The lowest BCUT2D eigenvalue weighted by molar-refractivity contribution is 0.283. The maximum atomic E-state index is 8.65. The van der Waals surface area contributed by atoms with Crippen LogP contribution in [0.5, 0.6) is 0 Å². The quantitative estimate of drug-likeness (QED) is 0.652. The van der Waals surface area contributed by atoms with Crippen molar-refractivity contribution in [2.45, 2.75) is 19.3 Å². The number of rotatable bonds is 6. The smallest absolute Gasteiger partial charge is 0.0670 e. The Morgan fingerprint density at radius 1 is 1.25 bits per heavy atom. The molecule has 1 heterocycles. The Bertz CT molecular complexity index is 439. The Morgan fingerprint density at radius 2 is 2.19 bits per heavy atom. The summed E-state index contributed by atoms with van der Waals surface area (Å²) in [5, 5.41) is 20.1.